The SMILES string of the molecule is Fc1cc(-c2cncc(Nc3ccc4[nH]ccc4c3)n2)ccn1. The van der Waals surface area contributed by atoms with E-state index in [9.17, 15) is 4.39 Å². The normalized spacial score (nSPS) is 10.8. The van der Waals surface area contributed by atoms with Crippen LogP contribution in [0.4, 0.5) is 15.9 Å². The molecule has 6 heteroatoms. The first kappa shape index (κ1) is 13.4. The molecule has 0 aliphatic heterocycles. The first-order valence-corrected chi connectivity index (χ1v) is 7.06. The third-order valence-corrected chi connectivity index (χ3v) is 3.48. The summed E-state index contributed by atoms with van der Waals surface area (Å²) >= 11 is 0. The summed E-state index contributed by atoms with van der Waals surface area (Å²) in [4.78, 5) is 15.3. The second-order valence-electron chi connectivity index (χ2n) is 5.06. The predicted octanol–water partition coefficient (Wildman–Crippen LogP) is 3.90. The third-order valence-electron chi connectivity index (χ3n) is 3.48. The minimum atomic E-state index is -0.541. The van der Waals surface area contributed by atoms with Crippen LogP contribution in [-0.2, 0) is 0 Å². The lowest BCUT2D eigenvalue weighted by Crippen LogP contribution is -1.96. The summed E-state index contributed by atoms with van der Waals surface area (Å²) in [6.07, 6.45) is 6.52. The molecule has 0 unspecified atom stereocenters. The molecule has 3 aromatic heterocycles. The van der Waals surface area contributed by atoms with E-state index in [1.807, 2.05) is 30.5 Å². The number of H-pyrrole nitrogens is 1. The van der Waals surface area contributed by atoms with Crippen molar-refractivity contribution in [2.45, 2.75) is 0 Å². The van der Waals surface area contributed by atoms with Gasteiger partial charge in [-0.15, -0.1) is 0 Å². The first-order chi connectivity index (χ1) is 11.3. The molecular formula is C17H12FN5. The predicted molar refractivity (Wildman–Crippen MR) is 86.8 cm³/mol. The van der Waals surface area contributed by atoms with E-state index in [0.29, 0.717) is 17.1 Å². The Morgan fingerprint density at radius 3 is 2.91 bits per heavy atom. The molecule has 112 valence electrons. The van der Waals surface area contributed by atoms with Crippen LogP contribution in [0, 0.1) is 5.95 Å². The Bertz CT molecular complexity index is 979. The number of hydrogen-bond acceptors (Lipinski definition) is 4. The average molecular weight is 305 g/mol. The Balaban J connectivity index is 1.65. The molecule has 0 spiro atoms. The van der Waals surface area contributed by atoms with Gasteiger partial charge in [0.1, 0.15) is 5.82 Å². The van der Waals surface area contributed by atoms with E-state index in [-0.39, 0.29) is 0 Å². The maximum Gasteiger partial charge on any atom is 0.213 e. The van der Waals surface area contributed by atoms with E-state index in [2.05, 4.69) is 25.3 Å². The second-order valence-corrected chi connectivity index (χ2v) is 5.06. The number of halogens is 1. The maximum atomic E-state index is 13.2. The molecule has 0 radical (unpaired) electrons. The molecule has 0 aliphatic carbocycles. The van der Waals surface area contributed by atoms with E-state index >= 15 is 0 Å². The Morgan fingerprint density at radius 1 is 1.04 bits per heavy atom. The van der Waals surface area contributed by atoms with Gasteiger partial charge in [0.2, 0.25) is 5.95 Å². The van der Waals surface area contributed by atoms with Gasteiger partial charge in [0.15, 0.2) is 0 Å². The molecular weight excluding hydrogens is 293 g/mol. The highest BCUT2D eigenvalue weighted by atomic mass is 19.1. The number of hydrogen-bond donors (Lipinski definition) is 2. The zero-order valence-electron chi connectivity index (χ0n) is 12.0. The number of aromatic nitrogens is 4. The Kier molecular flexibility index (Phi) is 3.20. The van der Waals surface area contributed by atoms with Crippen molar-refractivity contribution in [3.05, 3.63) is 67.1 Å². The molecule has 23 heavy (non-hydrogen) atoms. The first-order valence-electron chi connectivity index (χ1n) is 7.06. The van der Waals surface area contributed by atoms with Gasteiger partial charge in [-0.2, -0.15) is 4.39 Å². The molecule has 0 aliphatic rings. The molecule has 3 heterocycles. The fourth-order valence-corrected chi connectivity index (χ4v) is 2.41. The van der Waals surface area contributed by atoms with Crippen molar-refractivity contribution < 1.29 is 4.39 Å². The van der Waals surface area contributed by atoms with Crippen molar-refractivity contribution >= 4 is 22.4 Å². The number of anilines is 2. The summed E-state index contributed by atoms with van der Waals surface area (Å²) in [5.74, 6) is 0.0511. The van der Waals surface area contributed by atoms with Crippen molar-refractivity contribution in [1.29, 1.82) is 0 Å². The van der Waals surface area contributed by atoms with Crippen LogP contribution < -0.4 is 5.32 Å². The molecule has 4 aromatic rings. The number of pyridine rings is 1. The van der Waals surface area contributed by atoms with Gasteiger partial charge in [0, 0.05) is 40.6 Å². The van der Waals surface area contributed by atoms with E-state index in [0.717, 1.165) is 16.6 Å². The molecule has 2 N–H and O–H groups in total. The topological polar surface area (TPSA) is 66.5 Å². The number of benzene rings is 1. The lowest BCUT2D eigenvalue weighted by Gasteiger charge is -2.07. The number of rotatable bonds is 3. The number of nitrogens with zero attached hydrogens (tertiary/aromatic N) is 3. The molecule has 0 fully saturated rings. The van der Waals surface area contributed by atoms with Gasteiger partial charge in [0.25, 0.3) is 0 Å². The fourth-order valence-electron chi connectivity index (χ4n) is 2.41. The third kappa shape index (κ3) is 2.74. The van der Waals surface area contributed by atoms with Crippen LogP contribution >= 0.6 is 0 Å². The summed E-state index contributed by atoms with van der Waals surface area (Å²) in [5.41, 5.74) is 3.20. The van der Waals surface area contributed by atoms with Crippen molar-refractivity contribution in [2.24, 2.45) is 0 Å². The monoisotopic (exact) mass is 305 g/mol. The van der Waals surface area contributed by atoms with Gasteiger partial charge >= 0.3 is 0 Å². The van der Waals surface area contributed by atoms with E-state index in [4.69, 9.17) is 0 Å². The summed E-state index contributed by atoms with van der Waals surface area (Å²) in [5, 5.41) is 4.32. The lowest BCUT2D eigenvalue weighted by molar-refractivity contribution is 0.584. The average Bonchev–Trinajstić information content (AvgIpc) is 3.03. The molecule has 5 nitrogen and oxygen atoms in total. The molecule has 4 rings (SSSR count). The van der Waals surface area contributed by atoms with Crippen LogP contribution in [0.2, 0.25) is 0 Å². The largest absolute Gasteiger partial charge is 0.361 e. The Morgan fingerprint density at radius 2 is 2.00 bits per heavy atom. The second kappa shape index (κ2) is 5.49. The van der Waals surface area contributed by atoms with E-state index < -0.39 is 5.95 Å². The molecule has 0 atom stereocenters. The lowest BCUT2D eigenvalue weighted by atomic mass is 10.2. The highest BCUT2D eigenvalue weighted by molar-refractivity contribution is 5.83. The summed E-state index contributed by atoms with van der Waals surface area (Å²) in [6, 6.07) is 11.0. The van der Waals surface area contributed by atoms with Gasteiger partial charge < -0.3 is 10.3 Å². The quantitative estimate of drug-likeness (QED) is 0.563. The van der Waals surface area contributed by atoms with Crippen molar-refractivity contribution in [3.63, 3.8) is 0 Å². The number of nitrogens with one attached hydrogen (secondary N) is 2. The van der Waals surface area contributed by atoms with Gasteiger partial charge in [-0.05, 0) is 30.3 Å². The molecule has 0 amide bonds. The molecule has 0 saturated heterocycles. The minimum Gasteiger partial charge on any atom is -0.361 e. The fraction of sp³-hybridized carbons (Fsp3) is 0. The number of fused-ring (bicyclic) bond motifs is 1. The molecule has 1 aromatic carbocycles. The van der Waals surface area contributed by atoms with Crippen LogP contribution in [0.15, 0.2) is 61.2 Å². The number of aromatic amines is 1. The van der Waals surface area contributed by atoms with Gasteiger partial charge in [-0.1, -0.05) is 0 Å². The zero-order valence-corrected chi connectivity index (χ0v) is 12.0. The molecule has 0 saturated carbocycles. The standard InChI is InChI=1S/C17H12FN5/c18-16-8-12(4-6-21-16)15-9-19-10-17(23-15)22-13-1-2-14-11(7-13)3-5-20-14/h1-10,20H,(H,22,23). The zero-order chi connectivity index (χ0) is 15.6. The highest BCUT2D eigenvalue weighted by Gasteiger charge is 2.05. The van der Waals surface area contributed by atoms with Crippen molar-refractivity contribution in [3.8, 4) is 11.3 Å². The van der Waals surface area contributed by atoms with Gasteiger partial charge in [0.05, 0.1) is 18.1 Å². The van der Waals surface area contributed by atoms with Crippen molar-refractivity contribution in [2.75, 3.05) is 5.32 Å². The van der Waals surface area contributed by atoms with Crippen LogP contribution in [-0.4, -0.2) is 19.9 Å². The van der Waals surface area contributed by atoms with Crippen LogP contribution in [0.25, 0.3) is 22.2 Å². The van der Waals surface area contributed by atoms with E-state index in [1.54, 1.807) is 18.5 Å². The van der Waals surface area contributed by atoms with Crippen LogP contribution in [0.1, 0.15) is 0 Å². The van der Waals surface area contributed by atoms with Gasteiger partial charge in [-0.3, -0.25) is 4.98 Å². The Hall–Kier alpha value is -3.28. The summed E-state index contributed by atoms with van der Waals surface area (Å²) in [6.45, 7) is 0. The Labute approximate surface area is 131 Å². The van der Waals surface area contributed by atoms with Gasteiger partial charge in [-0.25, -0.2) is 9.97 Å². The highest BCUT2D eigenvalue weighted by Crippen LogP contribution is 2.22. The van der Waals surface area contributed by atoms with Crippen molar-refractivity contribution in [1.82, 2.24) is 19.9 Å². The van der Waals surface area contributed by atoms with Crippen LogP contribution in [0.5, 0.6) is 0 Å². The smallest absolute Gasteiger partial charge is 0.213 e. The summed E-state index contributed by atoms with van der Waals surface area (Å²) < 4.78 is 13.2. The minimum absolute atomic E-state index is 0.541. The summed E-state index contributed by atoms with van der Waals surface area (Å²) in [7, 11) is 0. The van der Waals surface area contributed by atoms with Crippen LogP contribution in [0.3, 0.4) is 0 Å². The maximum absolute atomic E-state index is 13.2. The van der Waals surface area contributed by atoms with E-state index in [1.165, 1.54) is 12.3 Å². The molecule has 0 bridgehead atoms.